The third-order valence-electron chi connectivity index (χ3n) is 4.40. The highest BCUT2D eigenvalue weighted by Gasteiger charge is 2.15. The number of thiazole rings is 1. The molecule has 3 aromatic carbocycles. The standard InChI is InChI=1S/C21H15N5O2S2/c27-30(28,26-20-13-22-16-5-1-2-6-17(16)24-20)15-11-9-14(10-12-15)23-21-25-18-7-3-4-8-19(18)29-21/h1-13H,(H,23,25)(H,24,26). The Bertz CT molecular complexity index is 1430. The van der Waals surface area contributed by atoms with Gasteiger partial charge in [0.15, 0.2) is 10.9 Å². The summed E-state index contributed by atoms with van der Waals surface area (Å²) in [7, 11) is -3.79. The lowest BCUT2D eigenvalue weighted by atomic mass is 10.3. The van der Waals surface area contributed by atoms with Crippen LogP contribution in [0.2, 0.25) is 0 Å². The summed E-state index contributed by atoms with van der Waals surface area (Å²) in [6.45, 7) is 0. The van der Waals surface area contributed by atoms with Gasteiger partial charge in [-0.05, 0) is 48.5 Å². The number of para-hydroxylation sites is 3. The first-order valence-corrected chi connectivity index (χ1v) is 11.3. The maximum atomic E-state index is 12.7. The molecular weight excluding hydrogens is 418 g/mol. The average molecular weight is 434 g/mol. The molecule has 30 heavy (non-hydrogen) atoms. The van der Waals surface area contributed by atoms with E-state index in [2.05, 4.69) is 25.0 Å². The minimum atomic E-state index is -3.79. The Hall–Kier alpha value is -3.56. The SMILES string of the molecule is O=S(=O)(Nc1cnc2ccccc2n1)c1ccc(Nc2nc3ccccc3s2)cc1. The molecule has 2 aromatic heterocycles. The quantitative estimate of drug-likeness (QED) is 0.414. The Labute approximate surface area is 176 Å². The third kappa shape index (κ3) is 3.68. The molecule has 0 aliphatic rings. The fourth-order valence-corrected chi connectivity index (χ4v) is 4.84. The van der Waals surface area contributed by atoms with Crippen LogP contribution >= 0.6 is 11.3 Å². The van der Waals surface area contributed by atoms with Crippen LogP contribution in [0, 0.1) is 0 Å². The minimum absolute atomic E-state index is 0.132. The molecule has 0 atom stereocenters. The Morgan fingerprint density at radius 3 is 2.23 bits per heavy atom. The van der Waals surface area contributed by atoms with Gasteiger partial charge in [-0.3, -0.25) is 9.71 Å². The molecule has 0 aliphatic heterocycles. The van der Waals surface area contributed by atoms with Crippen LogP contribution in [-0.2, 0) is 10.0 Å². The van der Waals surface area contributed by atoms with Crippen LogP contribution in [0.1, 0.15) is 0 Å². The molecule has 0 fully saturated rings. The fraction of sp³-hybridized carbons (Fsp3) is 0. The van der Waals surface area contributed by atoms with Gasteiger partial charge in [0.2, 0.25) is 0 Å². The van der Waals surface area contributed by atoms with Gasteiger partial charge in [0.25, 0.3) is 10.0 Å². The summed E-state index contributed by atoms with van der Waals surface area (Å²) in [5, 5.41) is 3.96. The molecule has 9 heteroatoms. The van der Waals surface area contributed by atoms with Crippen molar-refractivity contribution in [1.29, 1.82) is 0 Å². The van der Waals surface area contributed by atoms with E-state index in [4.69, 9.17) is 0 Å². The molecule has 0 aliphatic carbocycles. The predicted octanol–water partition coefficient (Wildman–Crippen LogP) is 4.78. The number of nitrogens with zero attached hydrogens (tertiary/aromatic N) is 3. The molecule has 0 bridgehead atoms. The molecule has 0 spiro atoms. The van der Waals surface area contributed by atoms with E-state index in [1.807, 2.05) is 42.5 Å². The number of rotatable bonds is 5. The molecule has 148 valence electrons. The van der Waals surface area contributed by atoms with Crippen molar-refractivity contribution in [2.75, 3.05) is 10.0 Å². The number of nitrogens with one attached hydrogen (secondary N) is 2. The van der Waals surface area contributed by atoms with Gasteiger partial charge in [-0.25, -0.2) is 18.4 Å². The lowest BCUT2D eigenvalue weighted by molar-refractivity contribution is 0.601. The Morgan fingerprint density at radius 2 is 1.47 bits per heavy atom. The Balaban J connectivity index is 1.35. The van der Waals surface area contributed by atoms with Crippen LogP contribution in [0.5, 0.6) is 0 Å². The molecule has 0 unspecified atom stereocenters. The smallest absolute Gasteiger partial charge is 0.263 e. The molecule has 0 saturated carbocycles. The molecule has 0 amide bonds. The molecule has 5 aromatic rings. The zero-order chi connectivity index (χ0) is 20.6. The summed E-state index contributed by atoms with van der Waals surface area (Å²) < 4.78 is 29.0. The summed E-state index contributed by atoms with van der Waals surface area (Å²) in [6, 6.07) is 21.6. The highest BCUT2D eigenvalue weighted by Crippen LogP contribution is 2.28. The fourth-order valence-electron chi connectivity index (χ4n) is 2.97. The van der Waals surface area contributed by atoms with Gasteiger partial charge in [-0.15, -0.1) is 0 Å². The largest absolute Gasteiger partial charge is 0.332 e. The number of benzene rings is 3. The monoisotopic (exact) mass is 433 g/mol. The Kier molecular flexibility index (Phi) is 4.53. The van der Waals surface area contributed by atoms with E-state index in [9.17, 15) is 8.42 Å². The van der Waals surface area contributed by atoms with Crippen molar-refractivity contribution < 1.29 is 8.42 Å². The maximum Gasteiger partial charge on any atom is 0.263 e. The van der Waals surface area contributed by atoms with Crippen LogP contribution in [-0.4, -0.2) is 23.4 Å². The summed E-state index contributed by atoms with van der Waals surface area (Å²) in [4.78, 5) is 13.2. The lowest BCUT2D eigenvalue weighted by Crippen LogP contribution is -2.14. The van der Waals surface area contributed by atoms with Crippen molar-refractivity contribution in [2.24, 2.45) is 0 Å². The number of hydrogen-bond acceptors (Lipinski definition) is 7. The highest BCUT2D eigenvalue weighted by molar-refractivity contribution is 7.92. The molecule has 2 heterocycles. The molecule has 2 N–H and O–H groups in total. The van der Waals surface area contributed by atoms with E-state index in [0.717, 1.165) is 21.0 Å². The Morgan fingerprint density at radius 1 is 0.767 bits per heavy atom. The van der Waals surface area contributed by atoms with Gasteiger partial charge >= 0.3 is 0 Å². The summed E-state index contributed by atoms with van der Waals surface area (Å²) in [5.41, 5.74) is 2.99. The summed E-state index contributed by atoms with van der Waals surface area (Å²) in [5.74, 6) is 0.172. The first kappa shape index (κ1) is 18.5. The highest BCUT2D eigenvalue weighted by atomic mass is 32.2. The van der Waals surface area contributed by atoms with Gasteiger partial charge < -0.3 is 5.32 Å². The van der Waals surface area contributed by atoms with Crippen molar-refractivity contribution in [2.45, 2.75) is 4.90 Å². The van der Waals surface area contributed by atoms with Crippen molar-refractivity contribution in [1.82, 2.24) is 15.0 Å². The van der Waals surface area contributed by atoms with Crippen LogP contribution in [0.15, 0.2) is 83.9 Å². The van der Waals surface area contributed by atoms with E-state index in [0.29, 0.717) is 11.0 Å². The van der Waals surface area contributed by atoms with E-state index < -0.39 is 10.0 Å². The first-order valence-electron chi connectivity index (χ1n) is 9.04. The minimum Gasteiger partial charge on any atom is -0.332 e. The molecule has 7 nitrogen and oxygen atoms in total. The van der Waals surface area contributed by atoms with Gasteiger partial charge in [-0.1, -0.05) is 35.6 Å². The zero-order valence-corrected chi connectivity index (χ0v) is 17.1. The summed E-state index contributed by atoms with van der Waals surface area (Å²) >= 11 is 1.54. The predicted molar refractivity (Wildman–Crippen MR) is 120 cm³/mol. The van der Waals surface area contributed by atoms with E-state index in [1.54, 1.807) is 18.2 Å². The number of fused-ring (bicyclic) bond motifs is 2. The van der Waals surface area contributed by atoms with Crippen molar-refractivity contribution in [3.05, 3.63) is 79.0 Å². The second-order valence-corrected chi connectivity index (χ2v) is 9.20. The molecular formula is C21H15N5O2S2. The van der Waals surface area contributed by atoms with Crippen LogP contribution in [0.4, 0.5) is 16.6 Å². The number of anilines is 3. The van der Waals surface area contributed by atoms with E-state index in [-0.39, 0.29) is 10.7 Å². The lowest BCUT2D eigenvalue weighted by Gasteiger charge is -2.09. The van der Waals surface area contributed by atoms with Crippen molar-refractivity contribution in [3.63, 3.8) is 0 Å². The van der Waals surface area contributed by atoms with Crippen molar-refractivity contribution in [3.8, 4) is 0 Å². The maximum absolute atomic E-state index is 12.7. The third-order valence-corrected chi connectivity index (χ3v) is 6.72. The van der Waals surface area contributed by atoms with Gasteiger partial charge in [0, 0.05) is 5.69 Å². The topological polar surface area (TPSA) is 96.9 Å². The second-order valence-electron chi connectivity index (χ2n) is 6.49. The van der Waals surface area contributed by atoms with Crippen LogP contribution < -0.4 is 10.0 Å². The molecule has 5 rings (SSSR count). The van der Waals surface area contributed by atoms with Crippen LogP contribution in [0.3, 0.4) is 0 Å². The van der Waals surface area contributed by atoms with Crippen molar-refractivity contribution >= 4 is 59.2 Å². The van der Waals surface area contributed by atoms with E-state index >= 15 is 0 Å². The average Bonchev–Trinajstić information content (AvgIpc) is 3.16. The van der Waals surface area contributed by atoms with Crippen LogP contribution in [0.25, 0.3) is 21.3 Å². The number of aromatic nitrogens is 3. The molecule has 0 saturated heterocycles. The van der Waals surface area contributed by atoms with E-state index in [1.165, 1.54) is 29.7 Å². The number of sulfonamides is 1. The summed E-state index contributed by atoms with van der Waals surface area (Å²) in [6.07, 6.45) is 1.41. The van der Waals surface area contributed by atoms with Gasteiger partial charge in [-0.2, -0.15) is 0 Å². The van der Waals surface area contributed by atoms with Gasteiger partial charge in [0.05, 0.1) is 32.3 Å². The number of hydrogen-bond donors (Lipinski definition) is 2. The second kappa shape index (κ2) is 7.36. The molecule has 0 radical (unpaired) electrons. The van der Waals surface area contributed by atoms with Gasteiger partial charge in [0.1, 0.15) is 0 Å². The zero-order valence-electron chi connectivity index (χ0n) is 15.5. The first-order chi connectivity index (χ1) is 14.6. The normalized spacial score (nSPS) is 11.6.